The lowest BCUT2D eigenvalue weighted by molar-refractivity contribution is 0.0584. The first kappa shape index (κ1) is 20.5. The number of aromatic nitrogens is 1. The van der Waals surface area contributed by atoms with Crippen molar-refractivity contribution in [3.05, 3.63) is 58.2 Å². The number of hydrogen-bond donors (Lipinski definition) is 1. The molecule has 3 heterocycles. The van der Waals surface area contributed by atoms with E-state index >= 15 is 0 Å². The second-order valence-corrected chi connectivity index (χ2v) is 10.2. The maximum atomic E-state index is 13.4. The minimum atomic E-state index is -0.207. The number of fused-ring (bicyclic) bond motifs is 1. The van der Waals surface area contributed by atoms with E-state index in [0.29, 0.717) is 11.1 Å². The van der Waals surface area contributed by atoms with Crippen LogP contribution in [-0.4, -0.2) is 28.9 Å². The summed E-state index contributed by atoms with van der Waals surface area (Å²) in [5, 5.41) is 0.772. The van der Waals surface area contributed by atoms with Gasteiger partial charge in [0.2, 0.25) is 0 Å². The summed E-state index contributed by atoms with van der Waals surface area (Å²) in [5.74, 6) is 0.000468. The van der Waals surface area contributed by atoms with Crippen LogP contribution in [0.15, 0.2) is 45.9 Å². The zero-order valence-electron chi connectivity index (χ0n) is 18.5. The Labute approximate surface area is 177 Å². The maximum Gasteiger partial charge on any atom is 0.257 e. The summed E-state index contributed by atoms with van der Waals surface area (Å²) in [6, 6.07) is 7.55. The number of hydrogen-bond acceptors (Lipinski definition) is 3. The zero-order valence-corrected chi connectivity index (χ0v) is 18.5. The van der Waals surface area contributed by atoms with Gasteiger partial charge < -0.3 is 14.3 Å². The lowest BCUT2D eigenvalue weighted by Gasteiger charge is -2.37. The predicted molar refractivity (Wildman–Crippen MR) is 120 cm³/mol. The molecule has 1 aromatic carbocycles. The maximum absolute atomic E-state index is 13.4. The monoisotopic (exact) mass is 406 g/mol. The Morgan fingerprint density at radius 1 is 1.23 bits per heavy atom. The molecule has 0 atom stereocenters. The molecule has 0 aliphatic carbocycles. The van der Waals surface area contributed by atoms with Crippen molar-refractivity contribution in [2.45, 2.75) is 52.9 Å². The van der Waals surface area contributed by atoms with Crippen LogP contribution in [0.25, 0.3) is 22.1 Å². The van der Waals surface area contributed by atoms with Crippen LogP contribution < -0.4 is 5.56 Å². The van der Waals surface area contributed by atoms with Crippen LogP contribution in [0.1, 0.15) is 63.4 Å². The first-order valence-corrected chi connectivity index (χ1v) is 10.6. The fraction of sp³-hybridized carbons (Fsp3) is 0.440. The molecule has 3 aromatic rings. The SMILES string of the molecule is CC1(C)CCCN(C(=O)c2coc3c(C(C)(C)C)cc(-c4ccc[nH]c4=O)cc23)C1. The normalized spacial score (nSPS) is 16.8. The molecule has 5 heteroatoms. The highest BCUT2D eigenvalue weighted by atomic mass is 16.3. The molecule has 4 rings (SSSR count). The highest BCUT2D eigenvalue weighted by Gasteiger charge is 2.32. The van der Waals surface area contributed by atoms with Gasteiger partial charge in [-0.2, -0.15) is 0 Å². The van der Waals surface area contributed by atoms with Crippen molar-refractivity contribution in [3.8, 4) is 11.1 Å². The second kappa shape index (κ2) is 7.15. The molecule has 1 N–H and O–H groups in total. The number of aromatic amines is 1. The standard InChI is InChI=1S/C25H30N2O3/c1-24(2,3)20-13-16(17-8-6-10-26-22(17)28)12-18-19(14-30-21(18)20)23(29)27-11-7-9-25(4,5)15-27/h6,8,10,12-14H,7,9,11,15H2,1-5H3,(H,26,28). The van der Waals surface area contributed by atoms with Crippen molar-refractivity contribution in [1.29, 1.82) is 0 Å². The van der Waals surface area contributed by atoms with E-state index in [2.05, 4.69) is 39.6 Å². The molecule has 1 fully saturated rings. The van der Waals surface area contributed by atoms with E-state index in [0.717, 1.165) is 48.0 Å². The molecule has 0 saturated carbocycles. The van der Waals surface area contributed by atoms with Crippen molar-refractivity contribution in [2.75, 3.05) is 13.1 Å². The van der Waals surface area contributed by atoms with Gasteiger partial charge in [0.15, 0.2) is 0 Å². The first-order valence-electron chi connectivity index (χ1n) is 10.6. The van der Waals surface area contributed by atoms with Crippen LogP contribution in [0.4, 0.5) is 0 Å². The Morgan fingerprint density at radius 2 is 2.00 bits per heavy atom. The van der Waals surface area contributed by atoms with E-state index in [4.69, 9.17) is 4.42 Å². The molecule has 0 bridgehead atoms. The van der Waals surface area contributed by atoms with Crippen LogP contribution in [0.5, 0.6) is 0 Å². The van der Waals surface area contributed by atoms with Gasteiger partial charge in [-0.05, 0) is 53.5 Å². The van der Waals surface area contributed by atoms with Gasteiger partial charge in [0.1, 0.15) is 11.8 Å². The smallest absolute Gasteiger partial charge is 0.257 e. The Morgan fingerprint density at radius 3 is 2.67 bits per heavy atom. The van der Waals surface area contributed by atoms with Gasteiger partial charge in [-0.15, -0.1) is 0 Å². The fourth-order valence-corrected chi connectivity index (χ4v) is 4.43. The number of carbonyl (C=O) groups is 1. The van der Waals surface area contributed by atoms with Gasteiger partial charge in [-0.25, -0.2) is 0 Å². The molecule has 30 heavy (non-hydrogen) atoms. The summed E-state index contributed by atoms with van der Waals surface area (Å²) in [7, 11) is 0. The van der Waals surface area contributed by atoms with Crippen molar-refractivity contribution in [2.24, 2.45) is 5.41 Å². The summed E-state index contributed by atoms with van der Waals surface area (Å²) in [6.45, 7) is 12.2. The van der Waals surface area contributed by atoms with E-state index in [-0.39, 0.29) is 22.3 Å². The number of amides is 1. The number of carbonyl (C=O) groups excluding carboxylic acids is 1. The minimum Gasteiger partial charge on any atom is -0.463 e. The second-order valence-electron chi connectivity index (χ2n) is 10.2. The average Bonchev–Trinajstić information content (AvgIpc) is 3.09. The van der Waals surface area contributed by atoms with Crippen LogP contribution in [-0.2, 0) is 5.41 Å². The molecular weight excluding hydrogens is 376 g/mol. The fourth-order valence-electron chi connectivity index (χ4n) is 4.43. The van der Waals surface area contributed by atoms with Crippen molar-refractivity contribution >= 4 is 16.9 Å². The molecule has 1 aliphatic heterocycles. The zero-order chi connectivity index (χ0) is 21.7. The Bertz CT molecular complexity index is 1160. The van der Waals surface area contributed by atoms with Gasteiger partial charge >= 0.3 is 0 Å². The van der Waals surface area contributed by atoms with Gasteiger partial charge in [-0.1, -0.05) is 34.6 Å². The number of H-pyrrole nitrogens is 1. The average molecular weight is 407 g/mol. The number of nitrogens with one attached hydrogen (secondary N) is 1. The highest BCUT2D eigenvalue weighted by Crippen LogP contribution is 2.37. The van der Waals surface area contributed by atoms with Crippen molar-refractivity contribution in [3.63, 3.8) is 0 Å². The Hall–Kier alpha value is -2.82. The number of likely N-dealkylation sites (tertiary alicyclic amines) is 1. The van der Waals surface area contributed by atoms with Gasteiger partial charge in [0.25, 0.3) is 11.5 Å². The van der Waals surface area contributed by atoms with Crippen molar-refractivity contribution in [1.82, 2.24) is 9.88 Å². The van der Waals surface area contributed by atoms with E-state index in [1.807, 2.05) is 23.1 Å². The van der Waals surface area contributed by atoms with Gasteiger partial charge in [0, 0.05) is 35.8 Å². The predicted octanol–water partition coefficient (Wildman–Crippen LogP) is 5.35. The molecule has 1 amide bonds. The molecule has 0 radical (unpaired) electrons. The summed E-state index contributed by atoms with van der Waals surface area (Å²) >= 11 is 0. The molecule has 158 valence electrons. The third-order valence-electron chi connectivity index (χ3n) is 6.03. The van der Waals surface area contributed by atoms with E-state index < -0.39 is 0 Å². The number of benzene rings is 1. The number of furan rings is 1. The van der Waals surface area contributed by atoms with Crippen LogP contribution in [0.3, 0.4) is 0 Å². The molecular formula is C25H30N2O3. The summed E-state index contributed by atoms with van der Waals surface area (Å²) < 4.78 is 5.96. The lowest BCUT2D eigenvalue weighted by atomic mass is 9.83. The van der Waals surface area contributed by atoms with Gasteiger partial charge in [-0.3, -0.25) is 9.59 Å². The molecule has 2 aromatic heterocycles. The Kier molecular flexibility index (Phi) is 4.88. The number of pyridine rings is 1. The molecule has 1 aliphatic rings. The number of piperidine rings is 1. The van der Waals surface area contributed by atoms with E-state index in [1.165, 1.54) is 0 Å². The topological polar surface area (TPSA) is 66.3 Å². The van der Waals surface area contributed by atoms with Crippen LogP contribution in [0, 0.1) is 5.41 Å². The largest absolute Gasteiger partial charge is 0.463 e. The quantitative estimate of drug-likeness (QED) is 0.624. The summed E-state index contributed by atoms with van der Waals surface area (Å²) in [5.41, 5.74) is 3.42. The van der Waals surface area contributed by atoms with Gasteiger partial charge in [0.05, 0.1) is 5.56 Å². The molecule has 0 spiro atoms. The molecule has 1 saturated heterocycles. The van der Waals surface area contributed by atoms with Crippen LogP contribution in [0.2, 0.25) is 0 Å². The molecule has 5 nitrogen and oxygen atoms in total. The lowest BCUT2D eigenvalue weighted by Crippen LogP contribution is -2.43. The minimum absolute atomic E-state index is 0.000468. The summed E-state index contributed by atoms with van der Waals surface area (Å²) in [4.78, 5) is 30.6. The van der Waals surface area contributed by atoms with Crippen LogP contribution >= 0.6 is 0 Å². The van der Waals surface area contributed by atoms with E-state index in [9.17, 15) is 9.59 Å². The first-order chi connectivity index (χ1) is 14.1. The third-order valence-corrected chi connectivity index (χ3v) is 6.03. The number of rotatable bonds is 2. The number of nitrogens with zero attached hydrogens (tertiary/aromatic N) is 1. The highest BCUT2D eigenvalue weighted by molar-refractivity contribution is 6.07. The Balaban J connectivity index is 1.89. The molecule has 0 unspecified atom stereocenters. The third kappa shape index (κ3) is 3.69. The van der Waals surface area contributed by atoms with Crippen molar-refractivity contribution < 1.29 is 9.21 Å². The van der Waals surface area contributed by atoms with E-state index in [1.54, 1.807) is 18.5 Å². The summed E-state index contributed by atoms with van der Waals surface area (Å²) in [6.07, 6.45) is 5.34.